The summed E-state index contributed by atoms with van der Waals surface area (Å²) in [5, 5.41) is 0. The van der Waals surface area contributed by atoms with Crippen LogP contribution in [-0.2, 0) is 4.79 Å². The Kier molecular flexibility index (Phi) is 4.62. The summed E-state index contributed by atoms with van der Waals surface area (Å²) in [5.41, 5.74) is 4.92. The van der Waals surface area contributed by atoms with Crippen LogP contribution >= 0.6 is 0 Å². The van der Waals surface area contributed by atoms with Gasteiger partial charge in [0.1, 0.15) is 6.04 Å². The number of hydrogen-bond donors (Lipinski definition) is 0. The van der Waals surface area contributed by atoms with E-state index in [9.17, 15) is 9.59 Å². The van der Waals surface area contributed by atoms with E-state index < -0.39 is 6.04 Å². The van der Waals surface area contributed by atoms with Gasteiger partial charge in [-0.15, -0.1) is 0 Å². The number of aryl methyl sites for hydroxylation is 3. The second kappa shape index (κ2) is 6.71. The molecule has 1 atom stereocenters. The van der Waals surface area contributed by atoms with Gasteiger partial charge in [0.05, 0.1) is 0 Å². The van der Waals surface area contributed by atoms with Gasteiger partial charge in [-0.2, -0.15) is 0 Å². The Hall–Kier alpha value is -2.62. The number of rotatable bonds is 2. The highest BCUT2D eigenvalue weighted by Crippen LogP contribution is 2.24. The number of carbonyl (C=O) groups is 2. The Balaban J connectivity index is 1.81. The van der Waals surface area contributed by atoms with Crippen LogP contribution < -0.4 is 4.90 Å². The topological polar surface area (TPSA) is 40.6 Å². The predicted octanol–water partition coefficient (Wildman–Crippen LogP) is 3.49. The van der Waals surface area contributed by atoms with E-state index in [2.05, 4.69) is 6.07 Å². The fraction of sp³-hybridized carbons (Fsp3) is 0.333. The smallest absolute Gasteiger partial charge is 0.254 e. The zero-order chi connectivity index (χ0) is 18.1. The molecule has 25 heavy (non-hydrogen) atoms. The Morgan fingerprint density at radius 2 is 1.52 bits per heavy atom. The first-order chi connectivity index (χ1) is 11.9. The van der Waals surface area contributed by atoms with Crippen LogP contribution in [0.1, 0.15) is 34.0 Å². The number of hydrogen-bond acceptors (Lipinski definition) is 2. The molecule has 0 bridgehead atoms. The van der Waals surface area contributed by atoms with E-state index in [4.69, 9.17) is 0 Å². The molecule has 0 unspecified atom stereocenters. The van der Waals surface area contributed by atoms with E-state index in [1.54, 1.807) is 9.80 Å². The fourth-order valence-corrected chi connectivity index (χ4v) is 3.37. The molecule has 1 saturated heterocycles. The number of carbonyl (C=O) groups excluding carboxylic acids is 2. The maximum atomic E-state index is 12.9. The van der Waals surface area contributed by atoms with Crippen LogP contribution in [0, 0.1) is 20.8 Å². The number of benzene rings is 2. The van der Waals surface area contributed by atoms with Crippen LogP contribution in [-0.4, -0.2) is 35.8 Å². The number of piperazine rings is 1. The van der Waals surface area contributed by atoms with Gasteiger partial charge in [0.25, 0.3) is 5.91 Å². The third-order valence-electron chi connectivity index (χ3n) is 4.73. The average Bonchev–Trinajstić information content (AvgIpc) is 2.56. The first kappa shape index (κ1) is 17.2. The zero-order valence-corrected chi connectivity index (χ0v) is 15.2. The lowest BCUT2D eigenvalue weighted by atomic mass is 10.1. The van der Waals surface area contributed by atoms with Crippen LogP contribution in [0.25, 0.3) is 0 Å². The summed E-state index contributed by atoms with van der Waals surface area (Å²) in [6, 6.07) is 13.2. The first-order valence-corrected chi connectivity index (χ1v) is 8.64. The van der Waals surface area contributed by atoms with Crippen LogP contribution in [0.5, 0.6) is 0 Å². The minimum absolute atomic E-state index is 0.0308. The normalized spacial score (nSPS) is 17.8. The van der Waals surface area contributed by atoms with E-state index in [0.717, 1.165) is 22.4 Å². The highest BCUT2D eigenvalue weighted by atomic mass is 16.2. The summed E-state index contributed by atoms with van der Waals surface area (Å²) in [6.45, 7) is 8.91. The van der Waals surface area contributed by atoms with E-state index in [1.165, 1.54) is 0 Å². The molecule has 1 aliphatic heterocycles. The molecule has 1 aliphatic rings. The Morgan fingerprint density at radius 3 is 2.12 bits per heavy atom. The molecule has 0 aromatic heterocycles. The summed E-state index contributed by atoms with van der Waals surface area (Å²) in [4.78, 5) is 29.1. The van der Waals surface area contributed by atoms with E-state index >= 15 is 0 Å². The highest BCUT2D eigenvalue weighted by Gasteiger charge is 2.35. The molecule has 0 spiro atoms. The molecule has 4 nitrogen and oxygen atoms in total. The quantitative estimate of drug-likeness (QED) is 0.842. The first-order valence-electron chi connectivity index (χ1n) is 8.64. The van der Waals surface area contributed by atoms with Crippen molar-refractivity contribution >= 4 is 17.5 Å². The Bertz CT molecular complexity index is 791. The maximum absolute atomic E-state index is 12.9. The third kappa shape index (κ3) is 3.43. The van der Waals surface area contributed by atoms with Crippen molar-refractivity contribution in [3.05, 3.63) is 64.7 Å². The van der Waals surface area contributed by atoms with Crippen LogP contribution in [0.15, 0.2) is 42.5 Å². The molecule has 0 N–H and O–H groups in total. The summed E-state index contributed by atoms with van der Waals surface area (Å²) in [6.07, 6.45) is 0. The zero-order valence-electron chi connectivity index (χ0n) is 15.2. The van der Waals surface area contributed by atoms with Gasteiger partial charge in [-0.3, -0.25) is 9.59 Å². The molecule has 4 heteroatoms. The van der Waals surface area contributed by atoms with Crippen molar-refractivity contribution in [2.45, 2.75) is 33.7 Å². The summed E-state index contributed by atoms with van der Waals surface area (Å²) >= 11 is 0. The molecule has 1 fully saturated rings. The number of amides is 2. The average molecular weight is 336 g/mol. The van der Waals surface area contributed by atoms with Gasteiger partial charge in [0, 0.05) is 24.3 Å². The maximum Gasteiger partial charge on any atom is 0.254 e. The molecular weight excluding hydrogens is 312 g/mol. The molecule has 1 heterocycles. The molecule has 2 amide bonds. The molecule has 2 aromatic carbocycles. The van der Waals surface area contributed by atoms with Crippen LogP contribution in [0.4, 0.5) is 5.69 Å². The number of nitrogens with zero attached hydrogens (tertiary/aromatic N) is 2. The van der Waals surface area contributed by atoms with E-state index in [0.29, 0.717) is 18.7 Å². The molecule has 0 saturated carbocycles. The molecule has 0 aliphatic carbocycles. The van der Waals surface area contributed by atoms with Crippen molar-refractivity contribution in [3.8, 4) is 0 Å². The standard InChI is InChI=1S/C21H24N2O2/c1-14-5-7-18(8-6-14)21(25)22-9-10-23(20(24)17(22)4)19-12-15(2)11-16(3)13-19/h5-8,11-13,17H,9-10H2,1-4H3/t17-/m0/s1. The molecule has 130 valence electrons. The Labute approximate surface area is 149 Å². The van der Waals surface area contributed by atoms with Gasteiger partial charge in [-0.05, 0) is 63.1 Å². The minimum Gasteiger partial charge on any atom is -0.325 e. The van der Waals surface area contributed by atoms with Crippen LogP contribution in [0.2, 0.25) is 0 Å². The lowest BCUT2D eigenvalue weighted by Gasteiger charge is -2.39. The second-order valence-electron chi connectivity index (χ2n) is 6.88. The van der Waals surface area contributed by atoms with Crippen LogP contribution in [0.3, 0.4) is 0 Å². The van der Waals surface area contributed by atoms with Gasteiger partial charge >= 0.3 is 0 Å². The van der Waals surface area contributed by atoms with Crippen molar-refractivity contribution in [1.82, 2.24) is 4.90 Å². The molecule has 2 aromatic rings. The lowest BCUT2D eigenvalue weighted by Crippen LogP contribution is -2.57. The molecule has 0 radical (unpaired) electrons. The van der Waals surface area contributed by atoms with E-state index in [-0.39, 0.29) is 11.8 Å². The van der Waals surface area contributed by atoms with Crippen molar-refractivity contribution in [1.29, 1.82) is 0 Å². The number of anilines is 1. The van der Waals surface area contributed by atoms with Crippen molar-refractivity contribution < 1.29 is 9.59 Å². The van der Waals surface area contributed by atoms with Gasteiger partial charge in [-0.25, -0.2) is 0 Å². The SMILES string of the molecule is Cc1ccc(C(=O)N2CCN(c3cc(C)cc(C)c3)C(=O)[C@@H]2C)cc1. The minimum atomic E-state index is -0.469. The summed E-state index contributed by atoms with van der Waals surface area (Å²) in [5.74, 6) is -0.113. The van der Waals surface area contributed by atoms with Gasteiger partial charge < -0.3 is 9.80 Å². The summed E-state index contributed by atoms with van der Waals surface area (Å²) < 4.78 is 0. The van der Waals surface area contributed by atoms with Crippen molar-refractivity contribution in [3.63, 3.8) is 0 Å². The monoisotopic (exact) mass is 336 g/mol. The Morgan fingerprint density at radius 1 is 0.920 bits per heavy atom. The van der Waals surface area contributed by atoms with Crippen molar-refractivity contribution in [2.75, 3.05) is 18.0 Å². The highest BCUT2D eigenvalue weighted by molar-refractivity contribution is 6.03. The lowest BCUT2D eigenvalue weighted by molar-refractivity contribution is -0.124. The second-order valence-corrected chi connectivity index (χ2v) is 6.88. The third-order valence-corrected chi connectivity index (χ3v) is 4.73. The molecular formula is C21H24N2O2. The van der Waals surface area contributed by atoms with Gasteiger partial charge in [0.2, 0.25) is 5.91 Å². The van der Waals surface area contributed by atoms with E-state index in [1.807, 2.05) is 64.1 Å². The predicted molar refractivity (Wildman–Crippen MR) is 99.9 cm³/mol. The molecule has 3 rings (SSSR count). The fourth-order valence-electron chi connectivity index (χ4n) is 3.37. The van der Waals surface area contributed by atoms with Gasteiger partial charge in [-0.1, -0.05) is 23.8 Å². The largest absolute Gasteiger partial charge is 0.325 e. The van der Waals surface area contributed by atoms with Crippen molar-refractivity contribution in [2.24, 2.45) is 0 Å². The van der Waals surface area contributed by atoms with Gasteiger partial charge in [0.15, 0.2) is 0 Å². The summed E-state index contributed by atoms with van der Waals surface area (Å²) in [7, 11) is 0.